The SMILES string of the molecule is N#Cc1ccc([C@H]2C[C@](O)(c3ccccn3)c3cncn32)c(F)c1. The van der Waals surface area contributed by atoms with E-state index in [-0.39, 0.29) is 12.0 Å². The molecule has 0 fully saturated rings. The number of fused-ring (bicyclic) bond motifs is 1. The van der Waals surface area contributed by atoms with E-state index in [4.69, 9.17) is 5.26 Å². The summed E-state index contributed by atoms with van der Waals surface area (Å²) in [6.45, 7) is 0. The van der Waals surface area contributed by atoms with E-state index in [2.05, 4.69) is 9.97 Å². The summed E-state index contributed by atoms with van der Waals surface area (Å²) in [6, 6.07) is 11.2. The van der Waals surface area contributed by atoms with Crippen LogP contribution in [0.5, 0.6) is 0 Å². The first-order valence-electron chi connectivity index (χ1n) is 7.49. The zero-order chi connectivity index (χ0) is 16.7. The van der Waals surface area contributed by atoms with Crippen molar-refractivity contribution in [2.24, 2.45) is 0 Å². The summed E-state index contributed by atoms with van der Waals surface area (Å²) in [5, 5.41) is 20.1. The molecule has 4 rings (SSSR count). The Morgan fingerprint density at radius 1 is 1.33 bits per heavy atom. The van der Waals surface area contributed by atoms with E-state index in [1.165, 1.54) is 6.07 Å². The Bertz CT molecular complexity index is 947. The molecule has 0 radical (unpaired) electrons. The van der Waals surface area contributed by atoms with Crippen LogP contribution in [0.2, 0.25) is 0 Å². The average Bonchev–Trinajstić information content (AvgIpc) is 3.19. The highest BCUT2D eigenvalue weighted by atomic mass is 19.1. The van der Waals surface area contributed by atoms with E-state index in [0.29, 0.717) is 17.0 Å². The van der Waals surface area contributed by atoms with Crippen LogP contribution >= 0.6 is 0 Å². The Morgan fingerprint density at radius 3 is 2.92 bits per heavy atom. The zero-order valence-corrected chi connectivity index (χ0v) is 12.6. The number of imidazole rings is 1. The highest BCUT2D eigenvalue weighted by Gasteiger charge is 2.46. The number of benzene rings is 1. The van der Waals surface area contributed by atoms with E-state index in [9.17, 15) is 9.50 Å². The second kappa shape index (κ2) is 5.25. The van der Waals surface area contributed by atoms with Crippen molar-refractivity contribution in [1.82, 2.24) is 14.5 Å². The topological polar surface area (TPSA) is 74.7 Å². The number of aromatic nitrogens is 3. The van der Waals surface area contributed by atoms with Crippen LogP contribution in [-0.2, 0) is 5.60 Å². The molecule has 2 atom stereocenters. The minimum atomic E-state index is -1.33. The van der Waals surface area contributed by atoms with Gasteiger partial charge in [-0.25, -0.2) is 9.37 Å². The summed E-state index contributed by atoms with van der Waals surface area (Å²) in [4.78, 5) is 8.37. The van der Waals surface area contributed by atoms with E-state index in [1.807, 2.05) is 6.07 Å². The van der Waals surface area contributed by atoms with Crippen molar-refractivity contribution in [3.05, 3.63) is 83.5 Å². The summed E-state index contributed by atoms with van der Waals surface area (Å²) in [5.74, 6) is -0.469. The van der Waals surface area contributed by atoms with Gasteiger partial charge in [-0.1, -0.05) is 12.1 Å². The maximum absolute atomic E-state index is 14.5. The minimum Gasteiger partial charge on any atom is -0.377 e. The van der Waals surface area contributed by atoms with Crippen LogP contribution in [0.3, 0.4) is 0 Å². The summed E-state index contributed by atoms with van der Waals surface area (Å²) in [7, 11) is 0. The molecule has 3 aromatic rings. The van der Waals surface area contributed by atoms with E-state index >= 15 is 0 Å². The monoisotopic (exact) mass is 320 g/mol. The molecule has 0 spiro atoms. The molecule has 5 nitrogen and oxygen atoms in total. The molecule has 0 bridgehead atoms. The van der Waals surface area contributed by atoms with Crippen molar-refractivity contribution in [1.29, 1.82) is 5.26 Å². The molecule has 0 saturated carbocycles. The fourth-order valence-corrected chi connectivity index (χ4v) is 3.33. The molecule has 1 aromatic carbocycles. The van der Waals surface area contributed by atoms with Crippen LogP contribution in [0.15, 0.2) is 55.1 Å². The number of rotatable bonds is 2. The van der Waals surface area contributed by atoms with Crippen molar-refractivity contribution in [3.8, 4) is 6.07 Å². The van der Waals surface area contributed by atoms with E-state index in [1.54, 1.807) is 53.6 Å². The first kappa shape index (κ1) is 14.5. The Kier molecular flexibility index (Phi) is 3.18. The Morgan fingerprint density at radius 2 is 2.21 bits per heavy atom. The number of hydrogen-bond donors (Lipinski definition) is 1. The number of halogens is 1. The van der Waals surface area contributed by atoms with Gasteiger partial charge in [-0.2, -0.15) is 5.26 Å². The third-order valence-corrected chi connectivity index (χ3v) is 4.49. The molecule has 0 amide bonds. The predicted molar refractivity (Wildman–Crippen MR) is 83.3 cm³/mol. The molecule has 3 heterocycles. The van der Waals surface area contributed by atoms with E-state index < -0.39 is 17.5 Å². The van der Waals surface area contributed by atoms with Gasteiger partial charge in [0, 0.05) is 18.2 Å². The quantitative estimate of drug-likeness (QED) is 0.787. The predicted octanol–water partition coefficient (Wildman–Crippen LogP) is 2.52. The normalized spacial score (nSPS) is 22.1. The highest BCUT2D eigenvalue weighted by Crippen LogP contribution is 2.46. The van der Waals surface area contributed by atoms with Crippen LogP contribution in [0.25, 0.3) is 0 Å². The van der Waals surface area contributed by atoms with Gasteiger partial charge in [-0.05, 0) is 24.3 Å². The van der Waals surface area contributed by atoms with Crippen LogP contribution in [0.4, 0.5) is 4.39 Å². The van der Waals surface area contributed by atoms with Gasteiger partial charge in [0.05, 0.1) is 41.6 Å². The van der Waals surface area contributed by atoms with Gasteiger partial charge in [0.25, 0.3) is 0 Å². The summed E-state index contributed by atoms with van der Waals surface area (Å²) in [6.07, 6.45) is 5.03. The van der Waals surface area contributed by atoms with Crippen molar-refractivity contribution < 1.29 is 9.50 Å². The standard InChI is InChI=1S/C18H13FN4O/c19-14-7-12(9-20)4-5-13(14)15-8-18(24,16-3-1-2-6-22-16)17-10-21-11-23(15)17/h1-7,10-11,15,24H,8H2/t15-,18+/m1/s1. The fourth-order valence-electron chi connectivity index (χ4n) is 3.33. The molecule has 118 valence electrons. The van der Waals surface area contributed by atoms with Gasteiger partial charge < -0.3 is 9.67 Å². The van der Waals surface area contributed by atoms with Crippen molar-refractivity contribution in [2.75, 3.05) is 0 Å². The van der Waals surface area contributed by atoms with Crippen LogP contribution in [0.1, 0.15) is 35.0 Å². The molecule has 24 heavy (non-hydrogen) atoms. The van der Waals surface area contributed by atoms with Gasteiger partial charge in [-0.3, -0.25) is 4.98 Å². The van der Waals surface area contributed by atoms with Crippen LogP contribution in [0, 0.1) is 17.1 Å². The molecule has 1 aliphatic heterocycles. The Balaban J connectivity index is 1.83. The molecule has 1 N–H and O–H groups in total. The second-order valence-corrected chi connectivity index (χ2v) is 5.83. The van der Waals surface area contributed by atoms with Gasteiger partial charge in [0.15, 0.2) is 5.60 Å². The summed E-state index contributed by atoms with van der Waals surface area (Å²) in [5.41, 5.74) is 0.432. The molecule has 0 unspecified atom stereocenters. The van der Waals surface area contributed by atoms with Crippen LogP contribution < -0.4 is 0 Å². The molecule has 2 aromatic heterocycles. The van der Waals surface area contributed by atoms with Gasteiger partial charge >= 0.3 is 0 Å². The number of hydrogen-bond acceptors (Lipinski definition) is 4. The van der Waals surface area contributed by atoms with Gasteiger partial charge in [0.2, 0.25) is 0 Å². The maximum atomic E-state index is 14.5. The molecule has 1 aliphatic rings. The van der Waals surface area contributed by atoms with Crippen molar-refractivity contribution >= 4 is 0 Å². The number of nitrogens with zero attached hydrogens (tertiary/aromatic N) is 4. The number of pyridine rings is 1. The first-order chi connectivity index (χ1) is 11.6. The third-order valence-electron chi connectivity index (χ3n) is 4.49. The lowest BCUT2D eigenvalue weighted by Crippen LogP contribution is -2.25. The Labute approximate surface area is 137 Å². The third kappa shape index (κ3) is 2.02. The minimum absolute atomic E-state index is 0.255. The van der Waals surface area contributed by atoms with Gasteiger partial charge in [0.1, 0.15) is 5.82 Å². The first-order valence-corrected chi connectivity index (χ1v) is 7.49. The largest absolute Gasteiger partial charge is 0.377 e. The van der Waals surface area contributed by atoms with Crippen molar-refractivity contribution in [3.63, 3.8) is 0 Å². The van der Waals surface area contributed by atoms with Gasteiger partial charge in [-0.15, -0.1) is 0 Å². The molecule has 0 saturated heterocycles. The summed E-state index contributed by atoms with van der Waals surface area (Å²) >= 11 is 0. The van der Waals surface area contributed by atoms with E-state index in [0.717, 1.165) is 0 Å². The molecular formula is C18H13FN4O. The Hall–Kier alpha value is -3.04. The second-order valence-electron chi connectivity index (χ2n) is 5.83. The smallest absolute Gasteiger partial charge is 0.150 e. The van der Waals surface area contributed by atoms with Crippen molar-refractivity contribution in [2.45, 2.75) is 18.1 Å². The number of nitriles is 1. The maximum Gasteiger partial charge on any atom is 0.150 e. The molecular weight excluding hydrogens is 307 g/mol. The lowest BCUT2D eigenvalue weighted by atomic mass is 9.89. The van der Waals surface area contributed by atoms with Crippen LogP contribution in [-0.4, -0.2) is 19.6 Å². The average molecular weight is 320 g/mol. The lowest BCUT2D eigenvalue weighted by molar-refractivity contribution is 0.0746. The fraction of sp³-hybridized carbons (Fsp3) is 0.167. The number of aliphatic hydroxyl groups is 1. The molecule has 0 aliphatic carbocycles. The summed E-state index contributed by atoms with van der Waals surface area (Å²) < 4.78 is 16.2. The zero-order valence-electron chi connectivity index (χ0n) is 12.6. The molecule has 6 heteroatoms. The lowest BCUT2D eigenvalue weighted by Gasteiger charge is -2.22. The highest BCUT2D eigenvalue weighted by molar-refractivity contribution is 5.39.